The maximum absolute atomic E-state index is 12.0. The van der Waals surface area contributed by atoms with E-state index in [-0.39, 0.29) is 18.0 Å². The molecule has 0 radical (unpaired) electrons. The van der Waals surface area contributed by atoms with Gasteiger partial charge in [0.05, 0.1) is 35.1 Å². The van der Waals surface area contributed by atoms with Crippen molar-refractivity contribution in [3.8, 4) is 5.69 Å². The third-order valence-corrected chi connectivity index (χ3v) is 3.38. The molecule has 1 aromatic heterocycles. The molecule has 0 saturated carbocycles. The number of hydrogen-bond donors (Lipinski definition) is 1. The molecule has 0 aliphatic rings. The van der Waals surface area contributed by atoms with Crippen molar-refractivity contribution in [2.24, 2.45) is 0 Å². The lowest BCUT2D eigenvalue weighted by Gasteiger charge is -2.03. The monoisotopic (exact) mass is 322 g/mol. The zero-order valence-electron chi connectivity index (χ0n) is 12.6. The van der Waals surface area contributed by atoms with Gasteiger partial charge in [0.1, 0.15) is 0 Å². The number of non-ortho nitro benzene ring substituents is 1. The molecule has 0 unspecified atom stereocenters. The Morgan fingerprint density at radius 1 is 1.17 bits per heavy atom. The number of anilines is 1. The molecule has 0 spiro atoms. The standard InChI is InChI=1S/C17H14N4O3/c22-17(9-13-5-2-1-3-6-13)19-14-11-18-20(12-14)15-7-4-8-16(10-15)21(23)24/h1-8,10-12H,9H2,(H,19,22). The fraction of sp³-hybridized carbons (Fsp3) is 0.0588. The second-order valence-electron chi connectivity index (χ2n) is 5.16. The summed E-state index contributed by atoms with van der Waals surface area (Å²) >= 11 is 0. The van der Waals surface area contributed by atoms with Crippen LogP contribution in [0.4, 0.5) is 11.4 Å². The summed E-state index contributed by atoms with van der Waals surface area (Å²) in [7, 11) is 0. The van der Waals surface area contributed by atoms with Gasteiger partial charge in [0.25, 0.3) is 5.69 Å². The Balaban J connectivity index is 1.70. The van der Waals surface area contributed by atoms with E-state index in [0.29, 0.717) is 11.4 Å². The van der Waals surface area contributed by atoms with E-state index < -0.39 is 4.92 Å². The normalized spacial score (nSPS) is 10.3. The van der Waals surface area contributed by atoms with Gasteiger partial charge in [-0.3, -0.25) is 14.9 Å². The van der Waals surface area contributed by atoms with Gasteiger partial charge >= 0.3 is 0 Å². The largest absolute Gasteiger partial charge is 0.323 e. The molecule has 1 amide bonds. The molecule has 0 bridgehead atoms. The highest BCUT2D eigenvalue weighted by atomic mass is 16.6. The van der Waals surface area contributed by atoms with Crippen LogP contribution in [-0.2, 0) is 11.2 Å². The number of nitrogens with zero attached hydrogens (tertiary/aromatic N) is 3. The molecule has 2 aromatic carbocycles. The van der Waals surface area contributed by atoms with E-state index in [0.717, 1.165) is 5.56 Å². The van der Waals surface area contributed by atoms with Crippen molar-refractivity contribution in [1.29, 1.82) is 0 Å². The van der Waals surface area contributed by atoms with E-state index in [2.05, 4.69) is 10.4 Å². The van der Waals surface area contributed by atoms with E-state index in [1.54, 1.807) is 18.3 Å². The molecule has 7 heteroatoms. The van der Waals surface area contributed by atoms with E-state index in [1.807, 2.05) is 30.3 Å². The molecule has 0 fully saturated rings. The molecule has 0 atom stereocenters. The molecule has 1 heterocycles. The lowest BCUT2D eigenvalue weighted by Crippen LogP contribution is -2.13. The minimum Gasteiger partial charge on any atom is -0.323 e. The second-order valence-corrected chi connectivity index (χ2v) is 5.16. The number of rotatable bonds is 5. The van der Waals surface area contributed by atoms with Crippen LogP contribution in [0.3, 0.4) is 0 Å². The summed E-state index contributed by atoms with van der Waals surface area (Å²) in [4.78, 5) is 22.4. The van der Waals surface area contributed by atoms with Crippen LogP contribution in [0.2, 0.25) is 0 Å². The smallest absolute Gasteiger partial charge is 0.271 e. The van der Waals surface area contributed by atoms with Crippen LogP contribution >= 0.6 is 0 Å². The third-order valence-electron chi connectivity index (χ3n) is 3.38. The summed E-state index contributed by atoms with van der Waals surface area (Å²) in [5.41, 5.74) is 1.98. The van der Waals surface area contributed by atoms with Crippen LogP contribution in [0, 0.1) is 10.1 Å². The Morgan fingerprint density at radius 2 is 1.96 bits per heavy atom. The Morgan fingerprint density at radius 3 is 2.71 bits per heavy atom. The molecule has 3 aromatic rings. The highest BCUT2D eigenvalue weighted by Crippen LogP contribution is 2.18. The molecule has 0 saturated heterocycles. The minimum atomic E-state index is -0.463. The Kier molecular flexibility index (Phi) is 4.33. The Bertz CT molecular complexity index is 874. The number of hydrogen-bond acceptors (Lipinski definition) is 4. The van der Waals surface area contributed by atoms with E-state index in [1.165, 1.54) is 23.0 Å². The first-order chi connectivity index (χ1) is 11.6. The van der Waals surface area contributed by atoms with Gasteiger partial charge in [0.15, 0.2) is 0 Å². The molecular weight excluding hydrogens is 308 g/mol. The van der Waals surface area contributed by atoms with Gasteiger partial charge in [-0.25, -0.2) is 4.68 Å². The summed E-state index contributed by atoms with van der Waals surface area (Å²) in [5, 5.41) is 17.7. The van der Waals surface area contributed by atoms with Crippen LogP contribution in [0.5, 0.6) is 0 Å². The lowest BCUT2D eigenvalue weighted by molar-refractivity contribution is -0.384. The second kappa shape index (κ2) is 6.74. The summed E-state index contributed by atoms with van der Waals surface area (Å²) in [6.07, 6.45) is 3.38. The lowest BCUT2D eigenvalue weighted by atomic mass is 10.1. The average molecular weight is 322 g/mol. The number of nitro groups is 1. The van der Waals surface area contributed by atoms with Crippen molar-refractivity contribution in [3.05, 3.63) is 82.7 Å². The molecule has 120 valence electrons. The molecule has 1 N–H and O–H groups in total. The fourth-order valence-corrected chi connectivity index (χ4v) is 2.26. The molecule has 0 aliphatic carbocycles. The summed E-state index contributed by atoms with van der Waals surface area (Å²) < 4.78 is 1.48. The highest BCUT2D eigenvalue weighted by molar-refractivity contribution is 5.92. The van der Waals surface area contributed by atoms with E-state index in [9.17, 15) is 14.9 Å². The highest BCUT2D eigenvalue weighted by Gasteiger charge is 2.09. The van der Waals surface area contributed by atoms with Crippen LogP contribution in [-0.4, -0.2) is 20.6 Å². The van der Waals surface area contributed by atoms with Gasteiger partial charge in [-0.15, -0.1) is 0 Å². The van der Waals surface area contributed by atoms with Gasteiger partial charge < -0.3 is 5.32 Å². The predicted molar refractivity (Wildman–Crippen MR) is 89.0 cm³/mol. The molecule has 3 rings (SSSR count). The van der Waals surface area contributed by atoms with E-state index in [4.69, 9.17) is 0 Å². The van der Waals surface area contributed by atoms with Crippen molar-refractivity contribution in [2.75, 3.05) is 5.32 Å². The van der Waals surface area contributed by atoms with Crippen molar-refractivity contribution >= 4 is 17.3 Å². The fourth-order valence-electron chi connectivity index (χ4n) is 2.26. The van der Waals surface area contributed by atoms with Crippen LogP contribution < -0.4 is 5.32 Å². The average Bonchev–Trinajstić information content (AvgIpc) is 3.04. The van der Waals surface area contributed by atoms with Gasteiger partial charge in [-0.1, -0.05) is 36.4 Å². The van der Waals surface area contributed by atoms with Gasteiger partial charge in [0.2, 0.25) is 5.91 Å². The van der Waals surface area contributed by atoms with Crippen molar-refractivity contribution in [2.45, 2.75) is 6.42 Å². The van der Waals surface area contributed by atoms with Crippen molar-refractivity contribution in [1.82, 2.24) is 9.78 Å². The van der Waals surface area contributed by atoms with Gasteiger partial charge in [-0.05, 0) is 11.6 Å². The number of amides is 1. The number of carbonyl (C=O) groups is 1. The number of nitrogens with one attached hydrogen (secondary N) is 1. The molecular formula is C17H14N4O3. The quantitative estimate of drug-likeness (QED) is 0.577. The molecule has 24 heavy (non-hydrogen) atoms. The summed E-state index contributed by atoms with van der Waals surface area (Å²) in [6, 6.07) is 15.5. The number of aromatic nitrogens is 2. The summed E-state index contributed by atoms with van der Waals surface area (Å²) in [5.74, 6) is -0.153. The zero-order valence-corrected chi connectivity index (χ0v) is 12.6. The van der Waals surface area contributed by atoms with Gasteiger partial charge in [0, 0.05) is 12.1 Å². The van der Waals surface area contributed by atoms with Crippen LogP contribution in [0.25, 0.3) is 5.69 Å². The third kappa shape index (κ3) is 3.64. The maximum Gasteiger partial charge on any atom is 0.271 e. The first-order valence-corrected chi connectivity index (χ1v) is 7.25. The SMILES string of the molecule is O=C(Cc1ccccc1)Nc1cnn(-c2cccc([N+](=O)[O-])c2)c1. The zero-order chi connectivity index (χ0) is 16.9. The van der Waals surface area contributed by atoms with E-state index >= 15 is 0 Å². The van der Waals surface area contributed by atoms with Crippen LogP contribution in [0.15, 0.2) is 67.0 Å². The first kappa shape index (κ1) is 15.4. The topological polar surface area (TPSA) is 90.1 Å². The molecule has 0 aliphatic heterocycles. The minimum absolute atomic E-state index is 0.0161. The number of benzene rings is 2. The van der Waals surface area contributed by atoms with Gasteiger partial charge in [-0.2, -0.15) is 5.10 Å². The number of carbonyl (C=O) groups excluding carboxylic acids is 1. The molecule has 7 nitrogen and oxygen atoms in total. The maximum atomic E-state index is 12.0. The summed E-state index contributed by atoms with van der Waals surface area (Å²) in [6.45, 7) is 0. The predicted octanol–water partition coefficient (Wildman–Crippen LogP) is 2.96. The van der Waals surface area contributed by atoms with Crippen molar-refractivity contribution in [3.63, 3.8) is 0 Å². The van der Waals surface area contributed by atoms with Crippen LogP contribution in [0.1, 0.15) is 5.56 Å². The number of nitro benzene ring substituents is 1. The first-order valence-electron chi connectivity index (χ1n) is 7.25. The Hall–Kier alpha value is -3.48. The Labute approximate surface area is 137 Å². The van der Waals surface area contributed by atoms with Crippen molar-refractivity contribution < 1.29 is 9.72 Å².